The SMILES string of the molecule is CC(C)(CCC(=O)O)NC(=O)CN1C(=O)NC2(CCc3ccccc32)C1=O. The molecule has 4 amide bonds. The Morgan fingerprint density at radius 1 is 1.30 bits per heavy atom. The number of aliphatic carboxylic acids is 1. The van der Waals surface area contributed by atoms with Crippen LogP contribution in [-0.4, -0.2) is 45.9 Å². The molecule has 1 aromatic rings. The highest BCUT2D eigenvalue weighted by Crippen LogP contribution is 2.41. The number of amides is 4. The molecule has 8 nitrogen and oxygen atoms in total. The molecule has 1 fully saturated rings. The number of imide groups is 1. The van der Waals surface area contributed by atoms with Gasteiger partial charge in [0.1, 0.15) is 12.1 Å². The quantitative estimate of drug-likeness (QED) is 0.647. The molecular weight excluding hydrogens is 350 g/mol. The van der Waals surface area contributed by atoms with Crippen molar-refractivity contribution in [2.45, 2.75) is 50.6 Å². The lowest BCUT2D eigenvalue weighted by Crippen LogP contribution is -2.49. The average molecular weight is 373 g/mol. The van der Waals surface area contributed by atoms with Gasteiger partial charge in [-0.05, 0) is 44.2 Å². The summed E-state index contributed by atoms with van der Waals surface area (Å²) in [6, 6.07) is 6.90. The number of carbonyl (C=O) groups is 4. The summed E-state index contributed by atoms with van der Waals surface area (Å²) in [5, 5.41) is 14.3. The maximum Gasteiger partial charge on any atom is 0.325 e. The second-order valence-electron chi connectivity index (χ2n) is 7.71. The molecule has 3 rings (SSSR count). The van der Waals surface area contributed by atoms with Gasteiger partial charge in [-0.1, -0.05) is 24.3 Å². The molecular formula is C19H23N3O5. The van der Waals surface area contributed by atoms with Crippen LogP contribution in [0.1, 0.15) is 44.2 Å². The molecule has 144 valence electrons. The Balaban J connectivity index is 1.70. The third kappa shape index (κ3) is 3.51. The molecule has 0 saturated carbocycles. The van der Waals surface area contributed by atoms with E-state index in [2.05, 4.69) is 10.6 Å². The molecule has 1 heterocycles. The Kier molecular flexibility index (Phi) is 4.67. The molecule has 27 heavy (non-hydrogen) atoms. The van der Waals surface area contributed by atoms with E-state index in [0.29, 0.717) is 12.8 Å². The third-order valence-corrected chi connectivity index (χ3v) is 5.17. The Labute approximate surface area is 156 Å². The smallest absolute Gasteiger partial charge is 0.325 e. The van der Waals surface area contributed by atoms with Gasteiger partial charge in [0, 0.05) is 12.0 Å². The molecule has 1 unspecified atom stereocenters. The molecule has 3 N–H and O–H groups in total. The standard InChI is InChI=1S/C19H23N3O5/c1-18(2,9-8-15(24)25)20-14(23)11-22-16(26)19(21-17(22)27)10-7-12-5-3-4-6-13(12)19/h3-6H,7-11H2,1-2H3,(H,20,23)(H,21,27)(H,24,25). The van der Waals surface area contributed by atoms with E-state index in [1.165, 1.54) is 0 Å². The number of carboxylic acid groups (broad SMARTS) is 1. The number of carboxylic acids is 1. The number of aryl methyl sites for hydroxylation is 1. The summed E-state index contributed by atoms with van der Waals surface area (Å²) in [5.41, 5.74) is -0.0422. The van der Waals surface area contributed by atoms with E-state index >= 15 is 0 Å². The van der Waals surface area contributed by atoms with Crippen molar-refractivity contribution in [1.82, 2.24) is 15.5 Å². The number of urea groups is 1. The molecule has 1 atom stereocenters. The van der Waals surface area contributed by atoms with Crippen LogP contribution in [0.5, 0.6) is 0 Å². The first-order valence-electron chi connectivity index (χ1n) is 8.90. The van der Waals surface area contributed by atoms with E-state index < -0.39 is 41.4 Å². The molecule has 0 bridgehead atoms. The number of nitrogens with zero attached hydrogens (tertiary/aromatic N) is 1. The molecule has 0 radical (unpaired) electrons. The number of benzene rings is 1. The number of carbonyl (C=O) groups excluding carboxylic acids is 3. The largest absolute Gasteiger partial charge is 0.481 e. The summed E-state index contributed by atoms with van der Waals surface area (Å²) >= 11 is 0. The van der Waals surface area contributed by atoms with Crippen LogP contribution in [0.15, 0.2) is 24.3 Å². The molecule has 1 aliphatic heterocycles. The Bertz CT molecular complexity index is 819. The van der Waals surface area contributed by atoms with Crippen LogP contribution in [0.3, 0.4) is 0 Å². The van der Waals surface area contributed by atoms with Crippen molar-refractivity contribution < 1.29 is 24.3 Å². The van der Waals surface area contributed by atoms with Crippen molar-refractivity contribution in [2.24, 2.45) is 0 Å². The summed E-state index contributed by atoms with van der Waals surface area (Å²) < 4.78 is 0. The van der Waals surface area contributed by atoms with Gasteiger partial charge in [-0.25, -0.2) is 4.79 Å². The zero-order valence-corrected chi connectivity index (χ0v) is 15.4. The van der Waals surface area contributed by atoms with Gasteiger partial charge in [0.15, 0.2) is 0 Å². The summed E-state index contributed by atoms with van der Waals surface area (Å²) in [6.45, 7) is 3.01. The van der Waals surface area contributed by atoms with Gasteiger partial charge < -0.3 is 15.7 Å². The summed E-state index contributed by atoms with van der Waals surface area (Å²) in [6.07, 6.45) is 1.31. The second kappa shape index (κ2) is 6.68. The predicted octanol–water partition coefficient (Wildman–Crippen LogP) is 1.14. The maximum atomic E-state index is 13.0. The van der Waals surface area contributed by atoms with E-state index in [1.54, 1.807) is 13.8 Å². The first-order chi connectivity index (χ1) is 12.6. The summed E-state index contributed by atoms with van der Waals surface area (Å²) in [4.78, 5) is 49.4. The van der Waals surface area contributed by atoms with Gasteiger partial charge in [-0.15, -0.1) is 0 Å². The van der Waals surface area contributed by atoms with E-state index in [1.807, 2.05) is 24.3 Å². The van der Waals surface area contributed by atoms with Gasteiger partial charge in [-0.2, -0.15) is 0 Å². The minimum atomic E-state index is -1.09. The fraction of sp³-hybridized carbons (Fsp3) is 0.474. The van der Waals surface area contributed by atoms with Gasteiger partial charge in [-0.3, -0.25) is 19.3 Å². The number of rotatable bonds is 6. The minimum Gasteiger partial charge on any atom is -0.481 e. The van der Waals surface area contributed by atoms with Gasteiger partial charge in [0.25, 0.3) is 5.91 Å². The molecule has 1 aromatic carbocycles. The average Bonchev–Trinajstić information content (AvgIpc) is 3.07. The zero-order valence-electron chi connectivity index (χ0n) is 15.4. The Morgan fingerprint density at radius 3 is 2.70 bits per heavy atom. The van der Waals surface area contributed by atoms with Crippen LogP contribution >= 0.6 is 0 Å². The lowest BCUT2D eigenvalue weighted by Gasteiger charge is -2.27. The Hall–Kier alpha value is -2.90. The summed E-state index contributed by atoms with van der Waals surface area (Å²) in [7, 11) is 0. The number of hydrogen-bond acceptors (Lipinski definition) is 4. The van der Waals surface area contributed by atoms with Crippen molar-refractivity contribution >= 4 is 23.8 Å². The number of nitrogens with one attached hydrogen (secondary N) is 2. The van der Waals surface area contributed by atoms with Crippen LogP contribution < -0.4 is 10.6 Å². The molecule has 8 heteroatoms. The van der Waals surface area contributed by atoms with Gasteiger partial charge in [0.2, 0.25) is 5.91 Å². The number of fused-ring (bicyclic) bond motifs is 2. The van der Waals surface area contributed by atoms with Crippen LogP contribution in [-0.2, 0) is 26.3 Å². The Morgan fingerprint density at radius 2 is 2.00 bits per heavy atom. The monoisotopic (exact) mass is 373 g/mol. The van der Waals surface area contributed by atoms with Gasteiger partial charge >= 0.3 is 12.0 Å². The van der Waals surface area contributed by atoms with Crippen LogP contribution in [0.4, 0.5) is 4.79 Å². The van der Waals surface area contributed by atoms with Crippen molar-refractivity contribution in [3.8, 4) is 0 Å². The normalized spacial score (nSPS) is 21.3. The first kappa shape index (κ1) is 18.9. The second-order valence-corrected chi connectivity index (χ2v) is 7.71. The van der Waals surface area contributed by atoms with Crippen molar-refractivity contribution in [3.63, 3.8) is 0 Å². The molecule has 1 aliphatic carbocycles. The lowest BCUT2D eigenvalue weighted by atomic mass is 9.92. The topological polar surface area (TPSA) is 116 Å². The van der Waals surface area contributed by atoms with E-state index in [9.17, 15) is 19.2 Å². The first-order valence-corrected chi connectivity index (χ1v) is 8.90. The minimum absolute atomic E-state index is 0.0870. The third-order valence-electron chi connectivity index (χ3n) is 5.17. The van der Waals surface area contributed by atoms with Crippen molar-refractivity contribution in [3.05, 3.63) is 35.4 Å². The van der Waals surface area contributed by atoms with E-state index in [0.717, 1.165) is 16.0 Å². The fourth-order valence-electron chi connectivity index (χ4n) is 3.78. The molecule has 1 spiro atoms. The van der Waals surface area contributed by atoms with E-state index in [-0.39, 0.29) is 12.8 Å². The van der Waals surface area contributed by atoms with Crippen LogP contribution in [0.2, 0.25) is 0 Å². The van der Waals surface area contributed by atoms with E-state index in [4.69, 9.17) is 5.11 Å². The molecule has 2 aliphatic rings. The molecule has 0 aromatic heterocycles. The predicted molar refractivity (Wildman–Crippen MR) is 95.8 cm³/mol. The van der Waals surface area contributed by atoms with Crippen molar-refractivity contribution in [1.29, 1.82) is 0 Å². The van der Waals surface area contributed by atoms with Gasteiger partial charge in [0.05, 0.1) is 0 Å². The molecule has 1 saturated heterocycles. The fourth-order valence-corrected chi connectivity index (χ4v) is 3.78. The summed E-state index contributed by atoms with van der Waals surface area (Å²) in [5.74, 6) is -1.87. The maximum absolute atomic E-state index is 13.0. The highest BCUT2D eigenvalue weighted by Gasteiger charge is 2.55. The highest BCUT2D eigenvalue weighted by atomic mass is 16.4. The highest BCUT2D eigenvalue weighted by molar-refractivity contribution is 6.09. The van der Waals surface area contributed by atoms with Crippen LogP contribution in [0, 0.1) is 0 Å². The van der Waals surface area contributed by atoms with Crippen molar-refractivity contribution in [2.75, 3.05) is 6.54 Å². The number of hydrogen-bond donors (Lipinski definition) is 3. The van der Waals surface area contributed by atoms with Crippen LogP contribution in [0.25, 0.3) is 0 Å². The zero-order chi connectivity index (χ0) is 19.8. The lowest BCUT2D eigenvalue weighted by molar-refractivity contribution is -0.138.